The topological polar surface area (TPSA) is 67.8 Å². The smallest absolute Gasteiger partial charge is 0.258 e. The van der Waals surface area contributed by atoms with Gasteiger partial charge >= 0.3 is 0 Å². The van der Waals surface area contributed by atoms with Crippen molar-refractivity contribution < 1.29 is 19.4 Å². The number of rotatable bonds is 8. The van der Waals surface area contributed by atoms with Gasteiger partial charge in [-0.25, -0.2) is 0 Å². The number of carbonyl (C=O) groups excluding carboxylic acids is 1. The van der Waals surface area contributed by atoms with Crippen molar-refractivity contribution in [3.8, 4) is 11.5 Å². The average molecular weight is 341 g/mol. The first kappa shape index (κ1) is 17.3. The highest BCUT2D eigenvalue weighted by molar-refractivity contribution is 5.77. The highest BCUT2D eigenvalue weighted by atomic mass is 16.5. The maximum absolute atomic E-state index is 12.1. The molecule has 1 fully saturated rings. The SMILES string of the molecule is COc1ccccc1OCC(=O)NCC(O)(c1ccccc1)C1CC1. The van der Waals surface area contributed by atoms with Gasteiger partial charge in [-0.15, -0.1) is 0 Å². The van der Waals surface area contributed by atoms with Gasteiger partial charge in [0, 0.05) is 0 Å². The molecule has 1 amide bonds. The van der Waals surface area contributed by atoms with E-state index in [0.29, 0.717) is 11.5 Å². The molecular formula is C20H23NO4. The maximum Gasteiger partial charge on any atom is 0.258 e. The van der Waals surface area contributed by atoms with Crippen molar-refractivity contribution in [3.05, 3.63) is 60.2 Å². The predicted molar refractivity (Wildman–Crippen MR) is 94.6 cm³/mol. The second kappa shape index (κ2) is 7.57. The number of benzene rings is 2. The van der Waals surface area contributed by atoms with Gasteiger partial charge in [0.25, 0.3) is 5.91 Å². The molecule has 0 saturated heterocycles. The van der Waals surface area contributed by atoms with Gasteiger partial charge in [-0.3, -0.25) is 4.79 Å². The van der Waals surface area contributed by atoms with Crippen LogP contribution in [0.3, 0.4) is 0 Å². The van der Waals surface area contributed by atoms with Crippen molar-refractivity contribution in [1.29, 1.82) is 0 Å². The Labute approximate surface area is 147 Å². The van der Waals surface area contributed by atoms with Gasteiger partial charge in [0.05, 0.1) is 13.7 Å². The number of hydrogen-bond acceptors (Lipinski definition) is 4. The minimum Gasteiger partial charge on any atom is -0.493 e. The summed E-state index contributed by atoms with van der Waals surface area (Å²) in [6.45, 7) is 0.0473. The van der Waals surface area contributed by atoms with Crippen molar-refractivity contribution in [2.75, 3.05) is 20.3 Å². The van der Waals surface area contributed by atoms with Crippen LogP contribution in [0.15, 0.2) is 54.6 Å². The standard InChI is InChI=1S/C20H23NO4/c1-24-17-9-5-6-10-18(17)25-13-19(22)21-14-20(23,16-11-12-16)15-7-3-2-4-8-15/h2-10,16,23H,11-14H2,1H3,(H,21,22). The van der Waals surface area contributed by atoms with E-state index in [1.807, 2.05) is 42.5 Å². The van der Waals surface area contributed by atoms with Gasteiger partial charge in [0.15, 0.2) is 18.1 Å². The van der Waals surface area contributed by atoms with Crippen molar-refractivity contribution in [2.24, 2.45) is 5.92 Å². The second-order valence-electron chi connectivity index (χ2n) is 6.28. The zero-order chi connectivity index (χ0) is 17.7. The van der Waals surface area contributed by atoms with Crippen molar-refractivity contribution in [1.82, 2.24) is 5.32 Å². The molecule has 2 aromatic rings. The normalized spacial score (nSPS) is 15.9. The van der Waals surface area contributed by atoms with Crippen molar-refractivity contribution in [2.45, 2.75) is 18.4 Å². The monoisotopic (exact) mass is 341 g/mol. The molecule has 0 radical (unpaired) electrons. The summed E-state index contributed by atoms with van der Waals surface area (Å²) < 4.78 is 10.7. The second-order valence-corrected chi connectivity index (χ2v) is 6.28. The Morgan fingerprint density at radius 2 is 1.76 bits per heavy atom. The quantitative estimate of drug-likeness (QED) is 0.774. The molecule has 0 aromatic heterocycles. The van der Waals surface area contributed by atoms with Crippen LogP contribution in [0, 0.1) is 5.92 Å². The van der Waals surface area contributed by atoms with E-state index in [1.54, 1.807) is 19.2 Å². The number of ether oxygens (including phenoxy) is 2. The van der Waals surface area contributed by atoms with Crippen molar-refractivity contribution >= 4 is 5.91 Å². The number of para-hydroxylation sites is 2. The van der Waals surface area contributed by atoms with Gasteiger partial charge in [0.2, 0.25) is 0 Å². The van der Waals surface area contributed by atoms with Gasteiger partial charge in [-0.1, -0.05) is 42.5 Å². The van der Waals surface area contributed by atoms with Crippen LogP contribution in [0.4, 0.5) is 0 Å². The molecule has 0 aliphatic heterocycles. The van der Waals surface area contributed by atoms with E-state index in [4.69, 9.17) is 9.47 Å². The molecule has 5 nitrogen and oxygen atoms in total. The molecule has 1 saturated carbocycles. The summed E-state index contributed by atoms with van der Waals surface area (Å²) in [5, 5.41) is 13.9. The van der Waals surface area contributed by atoms with E-state index in [2.05, 4.69) is 5.32 Å². The Balaban J connectivity index is 1.57. The molecule has 5 heteroatoms. The lowest BCUT2D eigenvalue weighted by Gasteiger charge is -2.29. The van der Waals surface area contributed by atoms with E-state index < -0.39 is 5.60 Å². The summed E-state index contributed by atoms with van der Waals surface area (Å²) >= 11 is 0. The van der Waals surface area contributed by atoms with Crippen molar-refractivity contribution in [3.63, 3.8) is 0 Å². The van der Waals surface area contributed by atoms with E-state index in [-0.39, 0.29) is 25.0 Å². The number of aliphatic hydroxyl groups is 1. The predicted octanol–water partition coefficient (Wildman–Crippen LogP) is 2.49. The first-order chi connectivity index (χ1) is 12.1. The van der Waals surface area contributed by atoms with E-state index in [1.165, 1.54) is 0 Å². The first-order valence-electron chi connectivity index (χ1n) is 8.44. The number of methoxy groups -OCH3 is 1. The summed E-state index contributed by atoms with van der Waals surface area (Å²) in [6.07, 6.45) is 1.94. The molecule has 1 aliphatic carbocycles. The number of carbonyl (C=O) groups is 1. The minimum atomic E-state index is -1.03. The lowest BCUT2D eigenvalue weighted by molar-refractivity contribution is -0.124. The molecule has 2 aromatic carbocycles. The zero-order valence-electron chi connectivity index (χ0n) is 14.3. The molecule has 1 atom stereocenters. The largest absolute Gasteiger partial charge is 0.493 e. The fourth-order valence-corrected chi connectivity index (χ4v) is 2.94. The lowest BCUT2D eigenvalue weighted by Crippen LogP contribution is -2.43. The van der Waals surface area contributed by atoms with Gasteiger partial charge in [0.1, 0.15) is 5.60 Å². The average Bonchev–Trinajstić information content (AvgIpc) is 3.51. The van der Waals surface area contributed by atoms with Crippen LogP contribution in [-0.4, -0.2) is 31.3 Å². The molecule has 0 heterocycles. The summed E-state index contributed by atoms with van der Waals surface area (Å²) in [4.78, 5) is 12.1. The lowest BCUT2D eigenvalue weighted by atomic mass is 9.88. The first-order valence-corrected chi connectivity index (χ1v) is 8.44. The molecule has 0 spiro atoms. The van der Waals surface area contributed by atoms with Crippen LogP contribution in [-0.2, 0) is 10.4 Å². The number of hydrogen-bond donors (Lipinski definition) is 2. The summed E-state index contributed by atoms with van der Waals surface area (Å²) in [5.41, 5.74) is -0.190. The maximum atomic E-state index is 12.1. The fraction of sp³-hybridized carbons (Fsp3) is 0.350. The van der Waals surface area contributed by atoms with Gasteiger partial charge < -0.3 is 19.9 Å². The van der Waals surface area contributed by atoms with Crippen LogP contribution in [0.1, 0.15) is 18.4 Å². The third kappa shape index (κ3) is 4.12. The third-order valence-electron chi connectivity index (χ3n) is 4.51. The molecule has 25 heavy (non-hydrogen) atoms. The molecular weight excluding hydrogens is 318 g/mol. The summed E-state index contributed by atoms with van der Waals surface area (Å²) in [6, 6.07) is 16.7. The van der Waals surface area contributed by atoms with Crippen LogP contribution in [0.2, 0.25) is 0 Å². The van der Waals surface area contributed by atoms with Crippen LogP contribution in [0.5, 0.6) is 11.5 Å². The molecule has 1 unspecified atom stereocenters. The number of nitrogens with one attached hydrogen (secondary N) is 1. The summed E-state index contributed by atoms with van der Waals surface area (Å²) in [5.74, 6) is 1.00. The van der Waals surface area contributed by atoms with E-state index in [9.17, 15) is 9.90 Å². The summed E-state index contributed by atoms with van der Waals surface area (Å²) in [7, 11) is 1.55. The Morgan fingerprint density at radius 3 is 2.40 bits per heavy atom. The van der Waals surface area contributed by atoms with Gasteiger partial charge in [-0.2, -0.15) is 0 Å². The number of amides is 1. The third-order valence-corrected chi connectivity index (χ3v) is 4.51. The molecule has 1 aliphatic rings. The molecule has 3 rings (SSSR count). The molecule has 132 valence electrons. The molecule has 0 bridgehead atoms. The van der Waals surface area contributed by atoms with Crippen LogP contribution < -0.4 is 14.8 Å². The van der Waals surface area contributed by atoms with Crippen LogP contribution in [0.25, 0.3) is 0 Å². The van der Waals surface area contributed by atoms with Gasteiger partial charge in [-0.05, 0) is 36.5 Å². The van der Waals surface area contributed by atoms with E-state index in [0.717, 1.165) is 18.4 Å². The van der Waals surface area contributed by atoms with E-state index >= 15 is 0 Å². The zero-order valence-corrected chi connectivity index (χ0v) is 14.3. The highest BCUT2D eigenvalue weighted by Gasteiger charge is 2.45. The Kier molecular flexibility index (Phi) is 5.24. The minimum absolute atomic E-state index is 0.129. The Morgan fingerprint density at radius 1 is 1.12 bits per heavy atom. The Bertz CT molecular complexity index is 715. The Hall–Kier alpha value is -2.53. The highest BCUT2D eigenvalue weighted by Crippen LogP contribution is 2.45. The van der Waals surface area contributed by atoms with Crippen LogP contribution >= 0.6 is 0 Å². The molecule has 2 N–H and O–H groups in total. The fourth-order valence-electron chi connectivity index (χ4n) is 2.94.